The molecule has 0 radical (unpaired) electrons. The number of rotatable bonds is 4. The number of carbonyl (C=O) groups excluding carboxylic acids is 2. The van der Waals surface area contributed by atoms with Gasteiger partial charge in [0.15, 0.2) is 6.17 Å². The fraction of sp³-hybridized carbons (Fsp3) is 0.154. The van der Waals surface area contributed by atoms with E-state index < -0.39 is 29.0 Å². The zero-order valence-corrected chi connectivity index (χ0v) is 20.8. The topological polar surface area (TPSA) is 135 Å². The minimum atomic E-state index is -0.609. The molecule has 3 aliphatic rings. The first-order chi connectivity index (χ1) is 18.3. The molecule has 10 nitrogen and oxygen atoms in total. The van der Waals surface area contributed by atoms with Crippen molar-refractivity contribution in [1.29, 1.82) is 0 Å². The van der Waals surface area contributed by atoms with E-state index in [-0.39, 0.29) is 28.5 Å². The van der Waals surface area contributed by atoms with Crippen molar-refractivity contribution in [3.05, 3.63) is 86.9 Å². The van der Waals surface area contributed by atoms with Crippen LogP contribution in [0.15, 0.2) is 79.4 Å². The second-order valence-corrected chi connectivity index (χ2v) is 9.97. The Morgan fingerprint density at radius 1 is 1.16 bits per heavy atom. The molecule has 12 heteroatoms. The monoisotopic (exact) mass is 529 g/mol. The lowest BCUT2D eigenvalue weighted by atomic mass is 9.98. The normalized spacial score (nSPS) is 21.6. The summed E-state index contributed by atoms with van der Waals surface area (Å²) in [6.45, 7) is 1.91. The Balaban J connectivity index is 1.50. The molecule has 6 rings (SSSR count). The quantitative estimate of drug-likeness (QED) is 0.499. The number of imide groups is 1. The lowest BCUT2D eigenvalue weighted by molar-refractivity contribution is -0.115. The van der Waals surface area contributed by atoms with Gasteiger partial charge in [-0.2, -0.15) is 5.10 Å². The zero-order valence-electron chi connectivity index (χ0n) is 20.0. The minimum absolute atomic E-state index is 0.0736. The number of amides is 2. The highest BCUT2D eigenvalue weighted by Gasteiger charge is 2.41. The van der Waals surface area contributed by atoms with Gasteiger partial charge in [0.1, 0.15) is 23.9 Å². The van der Waals surface area contributed by atoms with E-state index in [1.54, 1.807) is 23.2 Å². The number of fused-ring (bicyclic) bond motifs is 2. The number of aromatic nitrogens is 1. The summed E-state index contributed by atoms with van der Waals surface area (Å²) in [5, 5.41) is 9.25. The van der Waals surface area contributed by atoms with Crippen molar-refractivity contribution in [2.75, 3.05) is 0 Å². The molecular formula is C26H20FN7O3S. The second kappa shape index (κ2) is 9.06. The number of nitrogens with one attached hydrogen (secondary N) is 1. The van der Waals surface area contributed by atoms with Gasteiger partial charge in [-0.15, -0.1) is 0 Å². The standard InChI is InChI=1S/C26H20FN7O3S/c1-13-5-4-6-14-9-15(34(25(36)20(13)14)18-8-3-2-7-16(18)27)11-33-23-21(22(28)29-12-30-23)17(32-33)10-19-24(35)31-26(37)38-19/h2-10,12,21,23H,11H2,1H3,(H2,28,29,30)(H,31,35,37)/b19-10+. The number of pyridine rings is 1. The van der Waals surface area contributed by atoms with Gasteiger partial charge in [0, 0.05) is 5.69 Å². The van der Waals surface area contributed by atoms with Crippen molar-refractivity contribution < 1.29 is 14.0 Å². The summed E-state index contributed by atoms with van der Waals surface area (Å²) in [4.78, 5) is 46.3. The first-order valence-corrected chi connectivity index (χ1v) is 12.5. The van der Waals surface area contributed by atoms with E-state index in [2.05, 4.69) is 20.4 Å². The number of amidine groups is 1. The van der Waals surface area contributed by atoms with E-state index in [9.17, 15) is 18.8 Å². The van der Waals surface area contributed by atoms with E-state index in [1.165, 1.54) is 23.0 Å². The van der Waals surface area contributed by atoms with Crippen LogP contribution in [-0.2, 0) is 11.3 Å². The minimum Gasteiger partial charge on any atom is -0.386 e. The summed E-state index contributed by atoms with van der Waals surface area (Å²) in [6, 6.07) is 13.4. The number of hydrazone groups is 1. The Morgan fingerprint density at radius 3 is 2.74 bits per heavy atom. The SMILES string of the molecule is Cc1cccc2cc(CN3N=C(/C=C4/SC(=O)NC4=O)C4C(N)=NC=NC43)n(-c3ccccc3F)c(=O)c12. The molecule has 0 bridgehead atoms. The molecule has 1 saturated heterocycles. The molecule has 190 valence electrons. The van der Waals surface area contributed by atoms with Crippen LogP contribution in [0, 0.1) is 18.7 Å². The molecule has 2 amide bonds. The van der Waals surface area contributed by atoms with Crippen LogP contribution in [0.3, 0.4) is 0 Å². The Morgan fingerprint density at radius 2 is 1.97 bits per heavy atom. The van der Waals surface area contributed by atoms with Gasteiger partial charge in [-0.05, 0) is 53.9 Å². The van der Waals surface area contributed by atoms with Crippen LogP contribution < -0.4 is 16.6 Å². The average Bonchev–Trinajstić information content (AvgIpc) is 3.39. The number of thioether (sulfide) groups is 1. The maximum Gasteiger partial charge on any atom is 0.290 e. The Labute approximate surface area is 219 Å². The maximum absolute atomic E-state index is 15.0. The van der Waals surface area contributed by atoms with Gasteiger partial charge in [-0.1, -0.05) is 30.3 Å². The molecule has 0 aliphatic carbocycles. The second-order valence-electron chi connectivity index (χ2n) is 8.95. The van der Waals surface area contributed by atoms with Crippen LogP contribution in [0.25, 0.3) is 16.5 Å². The van der Waals surface area contributed by atoms with Crippen molar-refractivity contribution >= 4 is 51.6 Å². The van der Waals surface area contributed by atoms with Gasteiger partial charge in [0.2, 0.25) is 0 Å². The Bertz CT molecular complexity index is 1730. The van der Waals surface area contributed by atoms with E-state index in [0.29, 0.717) is 22.2 Å². The molecule has 38 heavy (non-hydrogen) atoms. The molecular weight excluding hydrogens is 509 g/mol. The van der Waals surface area contributed by atoms with Crippen molar-refractivity contribution in [1.82, 2.24) is 14.9 Å². The Hall–Kier alpha value is -4.58. The number of para-hydroxylation sites is 1. The predicted octanol–water partition coefficient (Wildman–Crippen LogP) is 2.82. The van der Waals surface area contributed by atoms with Crippen LogP contribution >= 0.6 is 11.8 Å². The number of carbonyl (C=O) groups is 2. The third kappa shape index (κ3) is 3.89. The van der Waals surface area contributed by atoms with Crippen LogP contribution in [0.1, 0.15) is 11.3 Å². The number of nitrogens with two attached hydrogens (primary N) is 1. The Kier molecular flexibility index (Phi) is 5.68. The highest BCUT2D eigenvalue weighted by Crippen LogP contribution is 2.32. The number of benzene rings is 2. The van der Waals surface area contributed by atoms with E-state index in [0.717, 1.165) is 17.3 Å². The van der Waals surface area contributed by atoms with Crippen molar-refractivity contribution in [3.8, 4) is 5.69 Å². The van der Waals surface area contributed by atoms with Crippen LogP contribution in [0.2, 0.25) is 0 Å². The number of halogens is 1. The number of aliphatic imine (C=N–C) groups is 2. The first-order valence-electron chi connectivity index (χ1n) is 11.7. The average molecular weight is 530 g/mol. The highest BCUT2D eigenvalue weighted by atomic mass is 32.2. The lowest BCUT2D eigenvalue weighted by Gasteiger charge is -2.27. The summed E-state index contributed by atoms with van der Waals surface area (Å²) in [5.41, 5.74) is 7.62. The van der Waals surface area contributed by atoms with E-state index in [1.807, 2.05) is 31.2 Å². The summed E-state index contributed by atoms with van der Waals surface area (Å²) < 4.78 is 16.4. The molecule has 3 N–H and O–H groups in total. The number of hydrogen-bond acceptors (Lipinski definition) is 9. The first kappa shape index (κ1) is 23.8. The number of aryl methyl sites for hydroxylation is 1. The molecule has 0 saturated carbocycles. The van der Waals surface area contributed by atoms with Crippen LogP contribution in [-0.4, -0.2) is 44.8 Å². The largest absolute Gasteiger partial charge is 0.386 e. The molecule has 0 spiro atoms. The fourth-order valence-corrected chi connectivity index (χ4v) is 5.55. The van der Waals surface area contributed by atoms with Gasteiger partial charge in [-0.25, -0.2) is 14.4 Å². The molecule has 2 aromatic carbocycles. The highest BCUT2D eigenvalue weighted by molar-refractivity contribution is 8.18. The summed E-state index contributed by atoms with van der Waals surface area (Å²) in [5.74, 6) is -1.39. The maximum atomic E-state index is 15.0. The summed E-state index contributed by atoms with van der Waals surface area (Å²) >= 11 is 0.768. The molecule has 3 aliphatic heterocycles. The van der Waals surface area contributed by atoms with Crippen molar-refractivity contribution in [2.45, 2.75) is 19.6 Å². The van der Waals surface area contributed by atoms with E-state index >= 15 is 0 Å². The van der Waals surface area contributed by atoms with Gasteiger partial charge >= 0.3 is 0 Å². The number of allylic oxidation sites excluding steroid dienone is 1. The number of hydrogen-bond donors (Lipinski definition) is 2. The lowest BCUT2D eigenvalue weighted by Crippen LogP contribution is -2.42. The third-order valence-corrected chi connectivity index (χ3v) is 7.39. The van der Waals surface area contributed by atoms with E-state index in [4.69, 9.17) is 5.73 Å². The zero-order chi connectivity index (χ0) is 26.6. The van der Waals surface area contributed by atoms with Gasteiger partial charge in [0.25, 0.3) is 16.7 Å². The summed E-state index contributed by atoms with van der Waals surface area (Å²) in [6.07, 6.45) is 2.23. The molecule has 3 aromatic rings. The van der Waals surface area contributed by atoms with Crippen molar-refractivity contribution in [3.63, 3.8) is 0 Å². The molecule has 1 aromatic heterocycles. The van der Waals surface area contributed by atoms with Gasteiger partial charge < -0.3 is 5.73 Å². The van der Waals surface area contributed by atoms with Crippen LogP contribution in [0.5, 0.6) is 0 Å². The van der Waals surface area contributed by atoms with Crippen molar-refractivity contribution in [2.24, 2.45) is 26.7 Å². The molecule has 1 fully saturated rings. The van der Waals surface area contributed by atoms with Gasteiger partial charge in [0.05, 0.1) is 28.2 Å². The smallest absolute Gasteiger partial charge is 0.290 e. The molecule has 2 atom stereocenters. The van der Waals surface area contributed by atoms with Gasteiger partial charge in [-0.3, -0.25) is 29.3 Å². The fourth-order valence-electron chi connectivity index (χ4n) is 4.88. The summed E-state index contributed by atoms with van der Waals surface area (Å²) in [7, 11) is 0. The molecule has 2 unspecified atom stereocenters. The molecule has 4 heterocycles. The third-order valence-electron chi connectivity index (χ3n) is 6.58. The number of nitrogens with zero attached hydrogens (tertiary/aromatic N) is 5. The predicted molar refractivity (Wildman–Crippen MR) is 144 cm³/mol. The van der Waals surface area contributed by atoms with Crippen LogP contribution in [0.4, 0.5) is 9.18 Å².